The van der Waals surface area contributed by atoms with Gasteiger partial charge in [-0.2, -0.15) is 0 Å². The van der Waals surface area contributed by atoms with E-state index < -0.39 is 6.10 Å². The van der Waals surface area contributed by atoms with Crippen molar-refractivity contribution in [2.75, 3.05) is 0 Å². The first-order valence-corrected chi connectivity index (χ1v) is 6.19. The summed E-state index contributed by atoms with van der Waals surface area (Å²) in [6.45, 7) is 4.27. The van der Waals surface area contributed by atoms with Gasteiger partial charge in [-0.25, -0.2) is 4.39 Å². The Kier molecular flexibility index (Phi) is 3.50. The van der Waals surface area contributed by atoms with Gasteiger partial charge in [0.2, 0.25) is 0 Å². The van der Waals surface area contributed by atoms with Gasteiger partial charge in [0.25, 0.3) is 0 Å². The summed E-state index contributed by atoms with van der Waals surface area (Å²) < 4.78 is 13.1. The molecule has 0 bridgehead atoms. The van der Waals surface area contributed by atoms with Gasteiger partial charge in [0.1, 0.15) is 5.82 Å². The van der Waals surface area contributed by atoms with E-state index in [9.17, 15) is 9.50 Å². The van der Waals surface area contributed by atoms with Crippen molar-refractivity contribution in [3.63, 3.8) is 0 Å². The fraction of sp³-hybridized carbons (Fsp3) is 0.571. The van der Waals surface area contributed by atoms with Crippen molar-refractivity contribution >= 4 is 0 Å². The summed E-state index contributed by atoms with van der Waals surface area (Å²) >= 11 is 0. The molecule has 17 heavy (non-hydrogen) atoms. The molecule has 0 aliphatic carbocycles. The minimum atomic E-state index is -0.634. The summed E-state index contributed by atoms with van der Waals surface area (Å²) in [6, 6.07) is 6.24. The van der Waals surface area contributed by atoms with Gasteiger partial charge >= 0.3 is 0 Å². The second kappa shape index (κ2) is 4.75. The van der Waals surface area contributed by atoms with Crippen LogP contribution in [0.4, 0.5) is 4.39 Å². The number of aliphatic hydroxyl groups excluding tert-OH is 1. The van der Waals surface area contributed by atoms with Crippen LogP contribution in [0.1, 0.15) is 44.8 Å². The van der Waals surface area contributed by atoms with E-state index in [-0.39, 0.29) is 17.4 Å². The van der Waals surface area contributed by atoms with E-state index in [2.05, 4.69) is 19.2 Å². The molecule has 0 spiro atoms. The van der Waals surface area contributed by atoms with Gasteiger partial charge in [-0.1, -0.05) is 12.1 Å². The average molecular weight is 237 g/mol. The molecular weight excluding hydrogens is 217 g/mol. The molecule has 2 N–H and O–H groups in total. The highest BCUT2D eigenvalue weighted by molar-refractivity contribution is 5.20. The first-order valence-electron chi connectivity index (χ1n) is 6.19. The van der Waals surface area contributed by atoms with Crippen LogP contribution in [0.25, 0.3) is 0 Å². The summed E-state index contributed by atoms with van der Waals surface area (Å²) in [4.78, 5) is 0. The lowest BCUT2D eigenvalue weighted by molar-refractivity contribution is 0.0842. The predicted octanol–water partition coefficient (Wildman–Crippen LogP) is 2.78. The number of piperidine rings is 1. The van der Waals surface area contributed by atoms with Gasteiger partial charge in [-0.3, -0.25) is 0 Å². The Morgan fingerprint density at radius 2 is 2.24 bits per heavy atom. The average Bonchev–Trinajstić information content (AvgIpc) is 2.26. The maximum absolute atomic E-state index is 13.1. The van der Waals surface area contributed by atoms with Crippen LogP contribution in [0.5, 0.6) is 0 Å². The fourth-order valence-corrected chi connectivity index (χ4v) is 2.57. The van der Waals surface area contributed by atoms with E-state index in [0.717, 1.165) is 19.3 Å². The fourth-order valence-electron chi connectivity index (χ4n) is 2.57. The Morgan fingerprint density at radius 3 is 2.88 bits per heavy atom. The van der Waals surface area contributed by atoms with Crippen LogP contribution in [0, 0.1) is 5.82 Å². The number of halogens is 1. The van der Waals surface area contributed by atoms with Crippen molar-refractivity contribution < 1.29 is 9.50 Å². The zero-order valence-electron chi connectivity index (χ0n) is 10.4. The molecule has 2 rings (SSSR count). The highest BCUT2D eigenvalue weighted by Crippen LogP contribution is 2.29. The SMILES string of the molecule is CC1(C)CCC[C@@H]([C@@H](O)c2cccc(F)c2)N1. The quantitative estimate of drug-likeness (QED) is 0.829. The molecule has 1 saturated heterocycles. The van der Waals surface area contributed by atoms with Crippen molar-refractivity contribution in [1.82, 2.24) is 5.32 Å². The van der Waals surface area contributed by atoms with Gasteiger partial charge in [0.05, 0.1) is 6.10 Å². The molecule has 1 heterocycles. The van der Waals surface area contributed by atoms with Gasteiger partial charge in [-0.15, -0.1) is 0 Å². The van der Waals surface area contributed by atoms with E-state index >= 15 is 0 Å². The van der Waals surface area contributed by atoms with E-state index in [1.54, 1.807) is 12.1 Å². The molecule has 3 heteroatoms. The van der Waals surface area contributed by atoms with Crippen molar-refractivity contribution in [2.45, 2.75) is 50.8 Å². The van der Waals surface area contributed by atoms with E-state index in [1.165, 1.54) is 12.1 Å². The second-order valence-electron chi connectivity index (χ2n) is 5.53. The van der Waals surface area contributed by atoms with Gasteiger partial charge in [0.15, 0.2) is 0 Å². The minimum Gasteiger partial charge on any atom is -0.387 e. The van der Waals surface area contributed by atoms with Gasteiger partial charge in [-0.05, 0) is 50.8 Å². The second-order valence-corrected chi connectivity index (χ2v) is 5.53. The monoisotopic (exact) mass is 237 g/mol. The largest absolute Gasteiger partial charge is 0.387 e. The zero-order valence-corrected chi connectivity index (χ0v) is 10.4. The highest BCUT2D eigenvalue weighted by atomic mass is 19.1. The molecule has 94 valence electrons. The standard InChI is InChI=1S/C14H20FNO/c1-14(2)8-4-7-12(16-14)13(17)10-5-3-6-11(15)9-10/h3,5-6,9,12-13,16-17H,4,7-8H2,1-2H3/t12-,13-/m0/s1. The molecule has 1 fully saturated rings. The van der Waals surface area contributed by atoms with Crippen LogP contribution in [0.3, 0.4) is 0 Å². The third-order valence-corrected chi connectivity index (χ3v) is 3.46. The smallest absolute Gasteiger partial charge is 0.123 e. The van der Waals surface area contributed by atoms with Gasteiger partial charge < -0.3 is 10.4 Å². The molecule has 1 aliphatic rings. The maximum Gasteiger partial charge on any atom is 0.123 e. The Hall–Kier alpha value is -0.930. The molecule has 2 nitrogen and oxygen atoms in total. The first kappa shape index (κ1) is 12.5. The molecule has 2 atom stereocenters. The van der Waals surface area contributed by atoms with Crippen LogP contribution in [0.15, 0.2) is 24.3 Å². The Balaban J connectivity index is 2.12. The van der Waals surface area contributed by atoms with Crippen molar-refractivity contribution in [3.8, 4) is 0 Å². The Morgan fingerprint density at radius 1 is 1.47 bits per heavy atom. The molecule has 1 aromatic rings. The molecule has 0 amide bonds. The number of hydrogen-bond donors (Lipinski definition) is 2. The number of hydrogen-bond acceptors (Lipinski definition) is 2. The molecule has 0 radical (unpaired) electrons. The summed E-state index contributed by atoms with van der Waals surface area (Å²) in [5.74, 6) is -0.295. The first-order chi connectivity index (χ1) is 7.98. The normalized spacial score (nSPS) is 25.5. The van der Waals surface area contributed by atoms with Crippen LogP contribution in [-0.2, 0) is 0 Å². The maximum atomic E-state index is 13.1. The lowest BCUT2D eigenvalue weighted by Crippen LogP contribution is -2.51. The van der Waals surface area contributed by atoms with Crippen molar-refractivity contribution in [3.05, 3.63) is 35.6 Å². The summed E-state index contributed by atoms with van der Waals surface area (Å²) in [6.07, 6.45) is 2.50. The molecule has 1 aromatic carbocycles. The Bertz CT molecular complexity index is 392. The third kappa shape index (κ3) is 3.05. The van der Waals surface area contributed by atoms with Crippen LogP contribution < -0.4 is 5.32 Å². The predicted molar refractivity (Wildman–Crippen MR) is 66.2 cm³/mol. The van der Waals surface area contributed by atoms with E-state index in [0.29, 0.717) is 5.56 Å². The van der Waals surface area contributed by atoms with E-state index in [4.69, 9.17) is 0 Å². The summed E-state index contributed by atoms with van der Waals surface area (Å²) in [5.41, 5.74) is 0.706. The van der Waals surface area contributed by atoms with E-state index in [1.807, 2.05) is 0 Å². The summed E-state index contributed by atoms with van der Waals surface area (Å²) in [5, 5.41) is 13.7. The van der Waals surface area contributed by atoms with Crippen molar-refractivity contribution in [2.24, 2.45) is 0 Å². The topological polar surface area (TPSA) is 32.3 Å². The van der Waals surface area contributed by atoms with Crippen LogP contribution >= 0.6 is 0 Å². The molecule has 1 aliphatic heterocycles. The van der Waals surface area contributed by atoms with Crippen LogP contribution in [0.2, 0.25) is 0 Å². The third-order valence-electron chi connectivity index (χ3n) is 3.46. The lowest BCUT2D eigenvalue weighted by Gasteiger charge is -2.39. The highest BCUT2D eigenvalue weighted by Gasteiger charge is 2.31. The van der Waals surface area contributed by atoms with Crippen LogP contribution in [-0.4, -0.2) is 16.7 Å². The molecule has 0 saturated carbocycles. The molecular formula is C14H20FNO. The minimum absolute atomic E-state index is 0.0144. The number of rotatable bonds is 2. The molecule has 0 unspecified atom stereocenters. The number of aliphatic hydroxyl groups is 1. The zero-order chi connectivity index (χ0) is 12.5. The van der Waals surface area contributed by atoms with Gasteiger partial charge in [0, 0.05) is 11.6 Å². The van der Waals surface area contributed by atoms with Crippen molar-refractivity contribution in [1.29, 1.82) is 0 Å². The summed E-state index contributed by atoms with van der Waals surface area (Å²) in [7, 11) is 0. The Labute approximate surface area is 102 Å². The number of nitrogens with one attached hydrogen (secondary N) is 1. The lowest BCUT2D eigenvalue weighted by atomic mass is 9.85. The number of benzene rings is 1. The molecule has 0 aromatic heterocycles.